The molecule has 0 bridgehead atoms. The van der Waals surface area contributed by atoms with Gasteiger partial charge < -0.3 is 14.4 Å². The van der Waals surface area contributed by atoms with Gasteiger partial charge in [0.1, 0.15) is 11.3 Å². The van der Waals surface area contributed by atoms with Crippen molar-refractivity contribution in [1.29, 1.82) is 0 Å². The number of morpholine rings is 1. The molecule has 0 atom stereocenters. The first kappa shape index (κ1) is 21.1. The number of anilines is 1. The first-order valence-corrected chi connectivity index (χ1v) is 10.5. The number of hydrogen-bond donors (Lipinski definition) is 1. The van der Waals surface area contributed by atoms with Crippen molar-refractivity contribution in [1.82, 2.24) is 10.3 Å². The Hall–Kier alpha value is -3.17. The molecule has 9 heteroatoms. The van der Waals surface area contributed by atoms with Crippen molar-refractivity contribution in [3.05, 3.63) is 64.1 Å². The SMILES string of the molecule is O=C1NN(c2ccccc2)C(=O)/C1=C\c1cc(Br)ccc1OCC(=O)N1CCOCC1. The Bertz CT molecular complexity index is 1030. The number of hydrazine groups is 1. The van der Waals surface area contributed by atoms with Crippen molar-refractivity contribution in [3.8, 4) is 5.75 Å². The highest BCUT2D eigenvalue weighted by molar-refractivity contribution is 9.10. The molecule has 160 valence electrons. The molecule has 8 nitrogen and oxygen atoms in total. The van der Waals surface area contributed by atoms with E-state index < -0.39 is 11.8 Å². The number of nitrogens with one attached hydrogen (secondary N) is 1. The van der Waals surface area contributed by atoms with Gasteiger partial charge >= 0.3 is 0 Å². The second-order valence-electron chi connectivity index (χ2n) is 6.94. The number of amides is 3. The Morgan fingerprint density at radius 2 is 1.87 bits per heavy atom. The molecule has 2 fully saturated rings. The number of ether oxygens (including phenoxy) is 2. The van der Waals surface area contributed by atoms with Gasteiger partial charge in [0.15, 0.2) is 6.61 Å². The van der Waals surface area contributed by atoms with Gasteiger partial charge in [-0.25, -0.2) is 5.01 Å². The fourth-order valence-corrected chi connectivity index (χ4v) is 3.66. The summed E-state index contributed by atoms with van der Waals surface area (Å²) in [7, 11) is 0. The Kier molecular flexibility index (Phi) is 6.34. The first-order valence-electron chi connectivity index (χ1n) is 9.73. The molecule has 3 amide bonds. The second-order valence-corrected chi connectivity index (χ2v) is 7.85. The van der Waals surface area contributed by atoms with E-state index in [1.807, 2.05) is 6.07 Å². The van der Waals surface area contributed by atoms with Gasteiger partial charge in [-0.2, -0.15) is 0 Å². The van der Waals surface area contributed by atoms with E-state index in [1.54, 1.807) is 47.4 Å². The summed E-state index contributed by atoms with van der Waals surface area (Å²) in [5.74, 6) is -0.721. The minimum Gasteiger partial charge on any atom is -0.483 e. The van der Waals surface area contributed by atoms with Crippen LogP contribution in [0.3, 0.4) is 0 Å². The van der Waals surface area contributed by atoms with Crippen molar-refractivity contribution < 1.29 is 23.9 Å². The van der Waals surface area contributed by atoms with Gasteiger partial charge in [-0.05, 0) is 36.4 Å². The van der Waals surface area contributed by atoms with Crippen LogP contribution in [-0.2, 0) is 19.1 Å². The number of carbonyl (C=O) groups excluding carboxylic acids is 3. The molecule has 1 N–H and O–H groups in total. The van der Waals surface area contributed by atoms with E-state index in [4.69, 9.17) is 9.47 Å². The predicted molar refractivity (Wildman–Crippen MR) is 117 cm³/mol. The van der Waals surface area contributed by atoms with Gasteiger partial charge in [0.25, 0.3) is 17.7 Å². The molecule has 0 unspecified atom stereocenters. The maximum absolute atomic E-state index is 12.8. The number of halogens is 1. The average molecular weight is 486 g/mol. The first-order chi connectivity index (χ1) is 15.0. The largest absolute Gasteiger partial charge is 0.483 e. The fourth-order valence-electron chi connectivity index (χ4n) is 3.28. The van der Waals surface area contributed by atoms with E-state index in [9.17, 15) is 14.4 Å². The Balaban J connectivity index is 1.54. The summed E-state index contributed by atoms with van der Waals surface area (Å²) in [5.41, 5.74) is 3.62. The summed E-state index contributed by atoms with van der Waals surface area (Å²) in [5, 5.41) is 1.20. The number of carbonyl (C=O) groups is 3. The lowest BCUT2D eigenvalue weighted by Gasteiger charge is -2.26. The van der Waals surface area contributed by atoms with Gasteiger partial charge in [-0.3, -0.25) is 19.8 Å². The third-order valence-corrected chi connectivity index (χ3v) is 5.39. The standard InChI is InChI=1S/C22H20BrN3O5/c23-16-6-7-19(31-14-20(27)25-8-10-30-11-9-25)15(12-16)13-18-21(28)24-26(22(18)29)17-4-2-1-3-5-17/h1-7,12-13H,8-11,14H2,(H,24,28)/b18-13-. The van der Waals surface area contributed by atoms with Gasteiger partial charge in [-0.1, -0.05) is 34.1 Å². The fraction of sp³-hybridized carbons (Fsp3) is 0.227. The summed E-state index contributed by atoms with van der Waals surface area (Å²) in [4.78, 5) is 39.4. The summed E-state index contributed by atoms with van der Waals surface area (Å²) in [6, 6.07) is 14.0. The normalized spacial score (nSPS) is 17.8. The lowest BCUT2D eigenvalue weighted by molar-refractivity contribution is -0.137. The Morgan fingerprint density at radius 1 is 1.13 bits per heavy atom. The van der Waals surface area contributed by atoms with Crippen LogP contribution in [0, 0.1) is 0 Å². The van der Waals surface area contributed by atoms with Crippen LogP contribution in [-0.4, -0.2) is 55.5 Å². The summed E-state index contributed by atoms with van der Waals surface area (Å²) in [6.45, 7) is 1.94. The molecular weight excluding hydrogens is 466 g/mol. The van der Waals surface area contributed by atoms with Crippen LogP contribution in [0.25, 0.3) is 6.08 Å². The van der Waals surface area contributed by atoms with Gasteiger partial charge in [-0.15, -0.1) is 0 Å². The molecule has 2 aliphatic rings. The zero-order valence-corrected chi connectivity index (χ0v) is 18.1. The van der Waals surface area contributed by atoms with Gasteiger partial charge in [0.2, 0.25) is 0 Å². The lowest BCUT2D eigenvalue weighted by Crippen LogP contribution is -2.43. The number of para-hydroxylation sites is 1. The summed E-state index contributed by atoms with van der Waals surface area (Å²) in [6.07, 6.45) is 1.47. The van der Waals surface area contributed by atoms with Gasteiger partial charge in [0, 0.05) is 23.1 Å². The van der Waals surface area contributed by atoms with Crippen LogP contribution in [0.2, 0.25) is 0 Å². The van der Waals surface area contributed by atoms with Crippen LogP contribution < -0.4 is 15.2 Å². The van der Waals surface area contributed by atoms with Gasteiger partial charge in [0.05, 0.1) is 18.9 Å². The molecular formula is C22H20BrN3O5. The summed E-state index contributed by atoms with van der Waals surface area (Å²) < 4.78 is 11.8. The Morgan fingerprint density at radius 3 is 2.61 bits per heavy atom. The highest BCUT2D eigenvalue weighted by Gasteiger charge is 2.34. The molecule has 0 spiro atoms. The molecule has 2 aromatic carbocycles. The van der Waals surface area contributed by atoms with Crippen molar-refractivity contribution in [2.75, 3.05) is 37.9 Å². The van der Waals surface area contributed by atoms with E-state index >= 15 is 0 Å². The summed E-state index contributed by atoms with van der Waals surface area (Å²) >= 11 is 3.40. The molecule has 4 rings (SSSR count). The second kappa shape index (κ2) is 9.32. The van der Waals surface area contributed by atoms with Crippen LogP contribution in [0.1, 0.15) is 5.56 Å². The smallest absolute Gasteiger partial charge is 0.282 e. The highest BCUT2D eigenvalue weighted by Crippen LogP contribution is 2.28. The van der Waals surface area contributed by atoms with Crippen molar-refractivity contribution in [2.24, 2.45) is 0 Å². The molecule has 0 saturated carbocycles. The topological polar surface area (TPSA) is 88.2 Å². The molecule has 0 radical (unpaired) electrons. The third-order valence-electron chi connectivity index (χ3n) is 4.89. The number of rotatable bonds is 5. The van der Waals surface area contributed by atoms with Crippen molar-refractivity contribution in [3.63, 3.8) is 0 Å². The Labute approximate surface area is 187 Å². The third kappa shape index (κ3) is 4.78. The monoisotopic (exact) mass is 485 g/mol. The lowest BCUT2D eigenvalue weighted by atomic mass is 10.1. The number of hydrogen-bond acceptors (Lipinski definition) is 5. The molecule has 2 heterocycles. The predicted octanol–water partition coefficient (Wildman–Crippen LogP) is 2.15. The minimum absolute atomic E-state index is 0.0219. The van der Waals surface area contributed by atoms with Crippen LogP contribution >= 0.6 is 15.9 Å². The van der Waals surface area contributed by atoms with E-state index in [0.717, 1.165) is 4.47 Å². The van der Waals surface area contributed by atoms with Crippen molar-refractivity contribution in [2.45, 2.75) is 0 Å². The minimum atomic E-state index is -0.510. The van der Waals surface area contributed by atoms with Crippen LogP contribution in [0.4, 0.5) is 5.69 Å². The molecule has 0 aromatic heterocycles. The maximum Gasteiger partial charge on any atom is 0.282 e. The van der Waals surface area contributed by atoms with Crippen LogP contribution in [0.5, 0.6) is 5.75 Å². The molecule has 2 saturated heterocycles. The zero-order chi connectivity index (χ0) is 21.8. The highest BCUT2D eigenvalue weighted by atomic mass is 79.9. The number of benzene rings is 2. The maximum atomic E-state index is 12.8. The van der Waals surface area contributed by atoms with E-state index in [-0.39, 0.29) is 18.1 Å². The molecule has 2 aromatic rings. The van der Waals surface area contributed by atoms with E-state index in [1.165, 1.54) is 11.1 Å². The van der Waals surface area contributed by atoms with E-state index in [0.29, 0.717) is 43.3 Å². The van der Waals surface area contributed by atoms with Crippen LogP contribution in [0.15, 0.2) is 58.6 Å². The van der Waals surface area contributed by atoms with E-state index in [2.05, 4.69) is 21.4 Å². The molecule has 0 aliphatic carbocycles. The average Bonchev–Trinajstić information content (AvgIpc) is 3.08. The molecule has 31 heavy (non-hydrogen) atoms. The quantitative estimate of drug-likeness (QED) is 0.517. The molecule has 2 aliphatic heterocycles. The zero-order valence-electron chi connectivity index (χ0n) is 16.5. The van der Waals surface area contributed by atoms with Crippen molar-refractivity contribution >= 4 is 45.4 Å². The number of nitrogens with zero attached hydrogens (tertiary/aromatic N) is 2.